The SMILES string of the molecule is Cc1ccc(C(=O)NC2CC2)cc1-c1ccc(C(=O)C2CC=CC2)cc1. The number of rotatable bonds is 5. The van der Waals surface area contributed by atoms with E-state index < -0.39 is 0 Å². The molecule has 0 saturated heterocycles. The van der Waals surface area contributed by atoms with Gasteiger partial charge in [0.1, 0.15) is 0 Å². The summed E-state index contributed by atoms with van der Waals surface area (Å²) >= 11 is 0. The van der Waals surface area contributed by atoms with Gasteiger partial charge in [0.15, 0.2) is 5.78 Å². The summed E-state index contributed by atoms with van der Waals surface area (Å²) in [6, 6.07) is 14.0. The van der Waals surface area contributed by atoms with Crippen LogP contribution in [0.15, 0.2) is 54.6 Å². The van der Waals surface area contributed by atoms with E-state index in [4.69, 9.17) is 0 Å². The summed E-state index contributed by atoms with van der Waals surface area (Å²) in [7, 11) is 0. The Bertz CT molecular complexity index is 868. The third-order valence-corrected chi connectivity index (χ3v) is 5.27. The quantitative estimate of drug-likeness (QED) is 0.630. The number of amides is 1. The molecule has 132 valence electrons. The average Bonchev–Trinajstić information content (AvgIpc) is 3.30. The van der Waals surface area contributed by atoms with E-state index >= 15 is 0 Å². The van der Waals surface area contributed by atoms with Crippen molar-refractivity contribution in [3.05, 3.63) is 71.3 Å². The Morgan fingerprint density at radius 3 is 2.23 bits per heavy atom. The van der Waals surface area contributed by atoms with Crippen LogP contribution in [0.4, 0.5) is 0 Å². The lowest BCUT2D eigenvalue weighted by molar-refractivity contribution is 0.0924. The largest absolute Gasteiger partial charge is 0.349 e. The lowest BCUT2D eigenvalue weighted by Gasteiger charge is -2.12. The Labute approximate surface area is 154 Å². The number of Topliss-reactive ketones (excluding diaryl/α,β-unsaturated/α-hetero) is 1. The predicted molar refractivity (Wildman–Crippen MR) is 103 cm³/mol. The first-order valence-corrected chi connectivity index (χ1v) is 9.33. The first-order chi connectivity index (χ1) is 12.6. The summed E-state index contributed by atoms with van der Waals surface area (Å²) in [4.78, 5) is 24.8. The Morgan fingerprint density at radius 1 is 0.923 bits per heavy atom. The van der Waals surface area contributed by atoms with Crippen LogP contribution in [0.2, 0.25) is 0 Å². The molecule has 0 atom stereocenters. The van der Waals surface area contributed by atoms with Crippen molar-refractivity contribution in [3.63, 3.8) is 0 Å². The van der Waals surface area contributed by atoms with Gasteiger partial charge in [-0.3, -0.25) is 9.59 Å². The number of carbonyl (C=O) groups excluding carboxylic acids is 2. The number of allylic oxidation sites excluding steroid dienone is 2. The molecule has 4 rings (SSSR count). The molecule has 1 amide bonds. The number of benzene rings is 2. The van der Waals surface area contributed by atoms with Gasteiger partial charge in [-0.25, -0.2) is 0 Å². The highest BCUT2D eigenvalue weighted by Gasteiger charge is 2.24. The van der Waals surface area contributed by atoms with Crippen molar-refractivity contribution in [2.75, 3.05) is 0 Å². The third-order valence-electron chi connectivity index (χ3n) is 5.27. The van der Waals surface area contributed by atoms with E-state index in [2.05, 4.69) is 17.5 Å². The Balaban J connectivity index is 1.56. The molecule has 26 heavy (non-hydrogen) atoms. The number of nitrogens with one attached hydrogen (secondary N) is 1. The molecule has 1 saturated carbocycles. The van der Waals surface area contributed by atoms with Gasteiger partial charge in [0.05, 0.1) is 0 Å². The highest BCUT2D eigenvalue weighted by atomic mass is 16.1. The maximum atomic E-state index is 12.5. The summed E-state index contributed by atoms with van der Waals surface area (Å²) in [6.45, 7) is 2.04. The predicted octanol–water partition coefficient (Wildman–Crippen LogP) is 4.70. The van der Waals surface area contributed by atoms with Crippen LogP contribution in [0.5, 0.6) is 0 Å². The molecule has 3 nitrogen and oxygen atoms in total. The molecule has 1 fully saturated rings. The van der Waals surface area contributed by atoms with Crippen LogP contribution in [-0.2, 0) is 0 Å². The second kappa shape index (κ2) is 6.91. The molecule has 3 heteroatoms. The van der Waals surface area contributed by atoms with Gasteiger partial charge in [-0.1, -0.05) is 42.5 Å². The minimum atomic E-state index is -0.00530. The van der Waals surface area contributed by atoms with Crippen LogP contribution < -0.4 is 5.32 Å². The first kappa shape index (κ1) is 16.8. The molecule has 2 aliphatic carbocycles. The molecule has 0 bridgehead atoms. The normalized spacial score (nSPS) is 16.7. The monoisotopic (exact) mass is 345 g/mol. The van der Waals surface area contributed by atoms with Crippen LogP contribution in [0.1, 0.15) is 52.0 Å². The zero-order valence-corrected chi connectivity index (χ0v) is 15.0. The van der Waals surface area contributed by atoms with Gasteiger partial charge in [0.2, 0.25) is 0 Å². The third kappa shape index (κ3) is 3.48. The van der Waals surface area contributed by atoms with Gasteiger partial charge < -0.3 is 5.32 Å². The summed E-state index contributed by atoms with van der Waals surface area (Å²) in [5, 5.41) is 3.03. The van der Waals surface area contributed by atoms with E-state index in [-0.39, 0.29) is 17.6 Å². The zero-order chi connectivity index (χ0) is 18.1. The molecule has 0 aliphatic heterocycles. The van der Waals surface area contributed by atoms with Gasteiger partial charge in [-0.15, -0.1) is 0 Å². The maximum Gasteiger partial charge on any atom is 0.251 e. The van der Waals surface area contributed by atoms with Gasteiger partial charge in [0, 0.05) is 23.1 Å². The molecule has 2 aliphatic rings. The van der Waals surface area contributed by atoms with E-state index in [1.54, 1.807) is 0 Å². The van der Waals surface area contributed by atoms with Gasteiger partial charge in [0.25, 0.3) is 5.91 Å². The highest BCUT2D eigenvalue weighted by Crippen LogP contribution is 2.28. The Kier molecular flexibility index (Phi) is 4.46. The van der Waals surface area contributed by atoms with Crippen LogP contribution in [-0.4, -0.2) is 17.7 Å². The van der Waals surface area contributed by atoms with Crippen molar-refractivity contribution in [1.82, 2.24) is 5.32 Å². The fourth-order valence-corrected chi connectivity index (χ4v) is 3.45. The van der Waals surface area contributed by atoms with E-state index in [1.165, 1.54) is 0 Å². The fraction of sp³-hybridized carbons (Fsp3) is 0.304. The van der Waals surface area contributed by atoms with Crippen LogP contribution in [0, 0.1) is 12.8 Å². The standard InChI is InChI=1S/C23H23NO2/c1-15-6-7-19(23(26)24-20-12-13-20)14-21(15)16-8-10-18(11-9-16)22(25)17-4-2-3-5-17/h2-3,6-11,14,17,20H,4-5,12-13H2,1H3,(H,24,26). The van der Waals surface area contributed by atoms with Crippen molar-refractivity contribution < 1.29 is 9.59 Å². The topological polar surface area (TPSA) is 46.2 Å². The molecule has 0 unspecified atom stereocenters. The molecule has 0 heterocycles. The summed E-state index contributed by atoms with van der Waals surface area (Å²) in [6.07, 6.45) is 8.01. The first-order valence-electron chi connectivity index (χ1n) is 9.33. The molecule has 0 radical (unpaired) electrons. The Morgan fingerprint density at radius 2 is 1.58 bits per heavy atom. The second-order valence-corrected chi connectivity index (χ2v) is 7.36. The lowest BCUT2D eigenvalue weighted by atomic mass is 9.93. The maximum absolute atomic E-state index is 12.5. The summed E-state index contributed by atoms with van der Waals surface area (Å²) < 4.78 is 0. The van der Waals surface area contributed by atoms with Crippen LogP contribution in [0.3, 0.4) is 0 Å². The molecule has 0 aromatic heterocycles. The molecule has 1 N–H and O–H groups in total. The molecule has 0 spiro atoms. The smallest absolute Gasteiger partial charge is 0.251 e. The summed E-state index contributed by atoms with van der Waals surface area (Å²) in [5.41, 5.74) is 4.64. The summed E-state index contributed by atoms with van der Waals surface area (Å²) in [5.74, 6) is 0.308. The van der Waals surface area contributed by atoms with Gasteiger partial charge >= 0.3 is 0 Å². The number of aryl methyl sites for hydroxylation is 1. The van der Waals surface area contributed by atoms with E-state index in [0.717, 1.165) is 47.9 Å². The van der Waals surface area contributed by atoms with Crippen molar-refractivity contribution in [3.8, 4) is 11.1 Å². The molecule has 2 aromatic carbocycles. The van der Waals surface area contributed by atoms with Crippen LogP contribution >= 0.6 is 0 Å². The van der Waals surface area contributed by atoms with Gasteiger partial charge in [-0.05, 0) is 61.4 Å². The minimum absolute atomic E-state index is 0.00530. The lowest BCUT2D eigenvalue weighted by Crippen LogP contribution is -2.25. The fourth-order valence-electron chi connectivity index (χ4n) is 3.45. The number of carbonyl (C=O) groups is 2. The van der Waals surface area contributed by atoms with Crippen molar-refractivity contribution in [2.24, 2.45) is 5.92 Å². The van der Waals surface area contributed by atoms with E-state index in [1.807, 2.05) is 49.4 Å². The average molecular weight is 345 g/mol. The molecule has 2 aromatic rings. The zero-order valence-electron chi connectivity index (χ0n) is 15.0. The van der Waals surface area contributed by atoms with Crippen molar-refractivity contribution >= 4 is 11.7 Å². The van der Waals surface area contributed by atoms with Crippen LogP contribution in [0.25, 0.3) is 11.1 Å². The Hall–Kier alpha value is -2.68. The number of hydrogen-bond acceptors (Lipinski definition) is 2. The van der Waals surface area contributed by atoms with Crippen molar-refractivity contribution in [2.45, 2.75) is 38.6 Å². The number of hydrogen-bond donors (Lipinski definition) is 1. The van der Waals surface area contributed by atoms with Gasteiger partial charge in [-0.2, -0.15) is 0 Å². The van der Waals surface area contributed by atoms with Crippen molar-refractivity contribution in [1.29, 1.82) is 0 Å². The molecular formula is C23H23NO2. The number of ketones is 1. The van der Waals surface area contributed by atoms with E-state index in [9.17, 15) is 9.59 Å². The minimum Gasteiger partial charge on any atom is -0.349 e. The second-order valence-electron chi connectivity index (χ2n) is 7.36. The van der Waals surface area contributed by atoms with E-state index in [0.29, 0.717) is 11.6 Å². The highest BCUT2D eigenvalue weighted by molar-refractivity contribution is 5.99. The molecular weight excluding hydrogens is 322 g/mol.